The van der Waals surface area contributed by atoms with E-state index in [0.29, 0.717) is 18.7 Å². The molecule has 0 radical (unpaired) electrons. The molecule has 0 spiro atoms. The second-order valence-electron chi connectivity index (χ2n) is 10.2. The van der Waals surface area contributed by atoms with Gasteiger partial charge in [0, 0.05) is 12.1 Å². The van der Waals surface area contributed by atoms with E-state index in [1.807, 2.05) is 65.1 Å². The van der Waals surface area contributed by atoms with Crippen LogP contribution in [-0.2, 0) is 14.3 Å². The first-order valence-corrected chi connectivity index (χ1v) is 12.8. The fourth-order valence-corrected chi connectivity index (χ4v) is 3.74. The second kappa shape index (κ2) is 12.3. The van der Waals surface area contributed by atoms with Gasteiger partial charge in [-0.3, -0.25) is 9.59 Å². The van der Waals surface area contributed by atoms with Gasteiger partial charge in [-0.05, 0) is 79.4 Å². The van der Waals surface area contributed by atoms with Crippen LogP contribution in [0.2, 0.25) is 0 Å². The summed E-state index contributed by atoms with van der Waals surface area (Å²) in [5, 5.41) is 5.74. The van der Waals surface area contributed by atoms with Gasteiger partial charge >= 0.3 is 6.09 Å². The maximum Gasteiger partial charge on any atom is 0.408 e. The van der Waals surface area contributed by atoms with Crippen molar-refractivity contribution >= 4 is 29.7 Å². The monoisotopic (exact) mass is 479 g/mol. The standard InChI is InChI=1S/C25H41N3O4S/c1-10-28(22(30)19(15-16-33-9)26-23(31)32-25(6,7)8)20(21(29)27-24(3,4)5)18-13-11-17(2)12-14-18/h11-14,19-20H,10,15-16H2,1-9H3,(H,26,31)(H,27,29). The summed E-state index contributed by atoms with van der Waals surface area (Å²) >= 11 is 1.59. The molecule has 1 aromatic rings. The summed E-state index contributed by atoms with van der Waals surface area (Å²) in [6.07, 6.45) is 1.72. The van der Waals surface area contributed by atoms with Gasteiger partial charge in [0.15, 0.2) is 0 Å². The van der Waals surface area contributed by atoms with Crippen molar-refractivity contribution in [1.29, 1.82) is 0 Å². The zero-order chi connectivity index (χ0) is 25.4. The van der Waals surface area contributed by atoms with Crippen LogP contribution in [-0.4, -0.2) is 58.5 Å². The van der Waals surface area contributed by atoms with Crippen molar-refractivity contribution in [2.45, 2.75) is 85.0 Å². The predicted molar refractivity (Wildman–Crippen MR) is 135 cm³/mol. The molecular weight excluding hydrogens is 438 g/mol. The fourth-order valence-electron chi connectivity index (χ4n) is 3.27. The second-order valence-corrected chi connectivity index (χ2v) is 11.1. The number of hydrogen-bond donors (Lipinski definition) is 2. The lowest BCUT2D eigenvalue weighted by Crippen LogP contribution is -2.54. The molecule has 1 aromatic carbocycles. The SMILES string of the molecule is CCN(C(=O)C(CCSC)NC(=O)OC(C)(C)C)C(C(=O)NC(C)(C)C)c1ccc(C)cc1. The number of carbonyl (C=O) groups is 3. The molecule has 2 atom stereocenters. The molecule has 0 aromatic heterocycles. The largest absolute Gasteiger partial charge is 0.444 e. The molecule has 0 heterocycles. The molecule has 0 saturated heterocycles. The smallest absolute Gasteiger partial charge is 0.408 e. The Morgan fingerprint density at radius 1 is 1.06 bits per heavy atom. The first-order chi connectivity index (χ1) is 15.2. The number of alkyl carbamates (subject to hydrolysis) is 1. The molecule has 7 nitrogen and oxygen atoms in total. The van der Waals surface area contributed by atoms with E-state index in [2.05, 4.69) is 10.6 Å². The number of thioether (sulfide) groups is 1. The first-order valence-electron chi connectivity index (χ1n) is 11.4. The van der Waals surface area contributed by atoms with Crippen molar-refractivity contribution in [2.75, 3.05) is 18.6 Å². The van der Waals surface area contributed by atoms with Gasteiger partial charge < -0.3 is 20.3 Å². The molecule has 2 N–H and O–H groups in total. The Morgan fingerprint density at radius 3 is 2.09 bits per heavy atom. The first kappa shape index (κ1) is 28.8. The van der Waals surface area contributed by atoms with E-state index < -0.39 is 29.3 Å². The van der Waals surface area contributed by atoms with E-state index in [0.717, 1.165) is 11.1 Å². The Bertz CT molecular complexity index is 797. The van der Waals surface area contributed by atoms with E-state index in [9.17, 15) is 14.4 Å². The molecule has 8 heteroatoms. The quantitative estimate of drug-likeness (QED) is 0.546. The molecule has 0 aliphatic rings. The predicted octanol–water partition coefficient (Wildman–Crippen LogP) is 4.45. The van der Waals surface area contributed by atoms with Gasteiger partial charge in [-0.15, -0.1) is 0 Å². The molecule has 2 unspecified atom stereocenters. The highest BCUT2D eigenvalue weighted by Gasteiger charge is 2.36. The van der Waals surface area contributed by atoms with E-state index in [1.165, 1.54) is 4.90 Å². The number of carbonyl (C=O) groups excluding carboxylic acids is 3. The van der Waals surface area contributed by atoms with Crippen molar-refractivity contribution in [3.05, 3.63) is 35.4 Å². The molecule has 0 saturated carbocycles. The summed E-state index contributed by atoms with van der Waals surface area (Å²) in [5.41, 5.74) is 0.639. The van der Waals surface area contributed by atoms with Crippen LogP contribution >= 0.6 is 11.8 Å². The topological polar surface area (TPSA) is 87.7 Å². The number of ether oxygens (including phenoxy) is 1. The Balaban J connectivity index is 3.33. The Morgan fingerprint density at radius 2 is 1.64 bits per heavy atom. The Labute approximate surface area is 203 Å². The summed E-state index contributed by atoms with van der Waals surface area (Å²) in [6.45, 7) is 15.1. The average molecular weight is 480 g/mol. The highest BCUT2D eigenvalue weighted by molar-refractivity contribution is 7.98. The third-order valence-electron chi connectivity index (χ3n) is 4.67. The summed E-state index contributed by atoms with van der Waals surface area (Å²) in [7, 11) is 0. The summed E-state index contributed by atoms with van der Waals surface area (Å²) in [6, 6.07) is 5.97. The van der Waals surface area contributed by atoms with E-state index in [-0.39, 0.29) is 11.8 Å². The number of aryl methyl sites for hydroxylation is 1. The number of likely N-dealkylation sites (N-methyl/N-ethyl adjacent to an activating group) is 1. The van der Waals surface area contributed by atoms with Crippen LogP contribution in [0, 0.1) is 6.92 Å². The van der Waals surface area contributed by atoms with Gasteiger partial charge in [-0.2, -0.15) is 11.8 Å². The van der Waals surface area contributed by atoms with E-state index in [1.54, 1.807) is 32.5 Å². The minimum atomic E-state index is -0.820. The minimum Gasteiger partial charge on any atom is -0.444 e. The van der Waals surface area contributed by atoms with E-state index >= 15 is 0 Å². The van der Waals surface area contributed by atoms with Crippen molar-refractivity contribution in [2.24, 2.45) is 0 Å². The number of amides is 3. The lowest BCUT2D eigenvalue weighted by Gasteiger charge is -2.35. The van der Waals surface area contributed by atoms with Gasteiger partial charge in [0.2, 0.25) is 11.8 Å². The van der Waals surface area contributed by atoms with Crippen LogP contribution in [0.4, 0.5) is 4.79 Å². The summed E-state index contributed by atoms with van der Waals surface area (Å²) < 4.78 is 5.38. The number of rotatable bonds is 9. The van der Waals surface area contributed by atoms with Crippen molar-refractivity contribution in [1.82, 2.24) is 15.5 Å². The third-order valence-corrected chi connectivity index (χ3v) is 5.32. The lowest BCUT2D eigenvalue weighted by molar-refractivity contribution is -0.142. The van der Waals surface area contributed by atoms with E-state index in [4.69, 9.17) is 4.74 Å². The molecule has 33 heavy (non-hydrogen) atoms. The van der Waals surface area contributed by atoms with Crippen molar-refractivity contribution in [3.8, 4) is 0 Å². The third kappa shape index (κ3) is 10.1. The van der Waals surface area contributed by atoms with Gasteiger partial charge in [0.25, 0.3) is 0 Å². The van der Waals surface area contributed by atoms with Crippen LogP contribution in [0.15, 0.2) is 24.3 Å². The molecule has 1 rings (SSSR count). The molecule has 0 fully saturated rings. The van der Waals surface area contributed by atoms with Crippen LogP contribution in [0.25, 0.3) is 0 Å². The maximum atomic E-state index is 13.7. The van der Waals surface area contributed by atoms with Crippen LogP contribution in [0.3, 0.4) is 0 Å². The molecule has 0 bridgehead atoms. The van der Waals surface area contributed by atoms with Crippen molar-refractivity contribution < 1.29 is 19.1 Å². The normalized spacial score (nSPS) is 13.6. The van der Waals surface area contributed by atoms with Crippen molar-refractivity contribution in [3.63, 3.8) is 0 Å². The average Bonchev–Trinajstić information content (AvgIpc) is 2.66. The van der Waals surface area contributed by atoms with Gasteiger partial charge in [0.05, 0.1) is 0 Å². The van der Waals surface area contributed by atoms with Crippen LogP contribution in [0.5, 0.6) is 0 Å². The van der Waals surface area contributed by atoms with Gasteiger partial charge in [0.1, 0.15) is 17.7 Å². The minimum absolute atomic E-state index is 0.262. The van der Waals surface area contributed by atoms with Gasteiger partial charge in [-0.1, -0.05) is 29.8 Å². The van der Waals surface area contributed by atoms with Crippen LogP contribution in [0.1, 0.15) is 72.1 Å². The number of nitrogens with zero attached hydrogens (tertiary/aromatic N) is 1. The molecule has 186 valence electrons. The zero-order valence-corrected chi connectivity index (χ0v) is 22.4. The molecule has 0 aliphatic heterocycles. The maximum absolute atomic E-state index is 13.7. The zero-order valence-electron chi connectivity index (χ0n) is 21.6. The highest BCUT2D eigenvalue weighted by Crippen LogP contribution is 2.24. The van der Waals surface area contributed by atoms with Crippen LogP contribution < -0.4 is 10.6 Å². The van der Waals surface area contributed by atoms with Gasteiger partial charge in [-0.25, -0.2) is 4.79 Å². The summed E-state index contributed by atoms with van der Waals surface area (Å²) in [5.74, 6) is 0.0992. The molecule has 0 aliphatic carbocycles. The number of hydrogen-bond acceptors (Lipinski definition) is 5. The Kier molecular flexibility index (Phi) is 10.7. The Hall–Kier alpha value is -2.22. The molecular formula is C25H41N3O4S. The fraction of sp³-hybridized carbons (Fsp3) is 0.640. The molecule has 3 amide bonds. The summed E-state index contributed by atoms with van der Waals surface area (Å²) in [4.78, 5) is 41.1. The highest BCUT2D eigenvalue weighted by atomic mass is 32.2. The lowest BCUT2D eigenvalue weighted by atomic mass is 9.99. The number of nitrogens with one attached hydrogen (secondary N) is 2. The number of benzene rings is 1.